The first-order valence-electron chi connectivity index (χ1n) is 5.29. The van der Waals surface area contributed by atoms with E-state index in [1.54, 1.807) is 12.1 Å². The number of hydrogen-bond acceptors (Lipinski definition) is 1. The van der Waals surface area contributed by atoms with Gasteiger partial charge in [-0.1, -0.05) is 41.7 Å². The Morgan fingerprint density at radius 1 is 1.25 bits per heavy atom. The first-order chi connectivity index (χ1) is 7.50. The molecule has 1 heterocycles. The highest BCUT2D eigenvalue weighted by Crippen LogP contribution is 2.40. The van der Waals surface area contributed by atoms with E-state index in [2.05, 4.69) is 13.8 Å². The normalized spacial score (nSPS) is 25.6. The van der Waals surface area contributed by atoms with Crippen molar-refractivity contribution in [1.82, 2.24) is 0 Å². The summed E-state index contributed by atoms with van der Waals surface area (Å²) in [5.41, 5.74) is 0.929. The zero-order chi connectivity index (χ0) is 11.9. The van der Waals surface area contributed by atoms with Crippen molar-refractivity contribution in [1.29, 1.82) is 0 Å². The Morgan fingerprint density at radius 2 is 1.81 bits per heavy atom. The van der Waals surface area contributed by atoms with E-state index in [1.165, 1.54) is 0 Å². The maximum atomic E-state index is 6.18. The average molecular weight is 280 g/mol. The predicted molar refractivity (Wildman–Crippen MR) is 68.8 cm³/mol. The van der Waals surface area contributed by atoms with Gasteiger partial charge in [0.25, 0.3) is 0 Å². The van der Waals surface area contributed by atoms with Crippen LogP contribution in [-0.2, 0) is 4.74 Å². The fraction of sp³-hybridized carbons (Fsp3) is 0.500. The third kappa shape index (κ3) is 2.48. The molecule has 2 rings (SSSR count). The van der Waals surface area contributed by atoms with E-state index in [0.29, 0.717) is 27.3 Å². The summed E-state index contributed by atoms with van der Waals surface area (Å²) >= 11 is 18.3. The van der Waals surface area contributed by atoms with Crippen LogP contribution < -0.4 is 0 Å². The Hall–Kier alpha value is 0.0500. The van der Waals surface area contributed by atoms with Gasteiger partial charge < -0.3 is 4.74 Å². The zero-order valence-electron chi connectivity index (χ0n) is 9.14. The molecular weight excluding hydrogens is 266 g/mol. The average Bonchev–Trinajstić information content (AvgIpc) is 2.89. The van der Waals surface area contributed by atoms with Crippen molar-refractivity contribution < 1.29 is 4.74 Å². The molecular formula is C12H13Cl3O. The maximum Gasteiger partial charge on any atom is 0.0844 e. The van der Waals surface area contributed by atoms with Crippen LogP contribution >= 0.6 is 34.8 Å². The molecule has 0 N–H and O–H groups in total. The molecule has 1 fully saturated rings. The second-order valence-corrected chi connectivity index (χ2v) is 5.47. The molecule has 0 radical (unpaired) electrons. The van der Waals surface area contributed by atoms with Gasteiger partial charge in [-0.05, 0) is 37.0 Å². The van der Waals surface area contributed by atoms with Gasteiger partial charge in [-0.2, -0.15) is 0 Å². The van der Waals surface area contributed by atoms with Crippen molar-refractivity contribution in [2.45, 2.75) is 38.4 Å². The number of ether oxygens (including phenoxy) is 1. The van der Waals surface area contributed by atoms with E-state index >= 15 is 0 Å². The molecule has 3 unspecified atom stereocenters. The minimum atomic E-state index is 0.258. The van der Waals surface area contributed by atoms with Gasteiger partial charge in [-0.15, -0.1) is 0 Å². The minimum Gasteiger partial charge on any atom is -0.370 e. The van der Waals surface area contributed by atoms with Gasteiger partial charge in [0.15, 0.2) is 0 Å². The molecule has 0 saturated carbocycles. The summed E-state index contributed by atoms with van der Waals surface area (Å²) in [6.45, 7) is 4.16. The summed E-state index contributed by atoms with van der Waals surface area (Å²) in [6, 6.07) is 3.51. The van der Waals surface area contributed by atoms with Crippen molar-refractivity contribution in [2.75, 3.05) is 0 Å². The Balaban J connectivity index is 2.21. The van der Waals surface area contributed by atoms with Gasteiger partial charge in [0.1, 0.15) is 0 Å². The lowest BCUT2D eigenvalue weighted by Gasteiger charge is -2.15. The standard InChI is InChI=1S/C12H13Cl3O/c1-6(5-10-7(2)16-10)11-8(13)3-4-9(14)12(11)15/h3-4,6-7,10H,5H2,1-2H3. The quantitative estimate of drug-likeness (QED) is 0.565. The van der Waals surface area contributed by atoms with Crippen molar-refractivity contribution in [3.8, 4) is 0 Å². The molecule has 1 saturated heterocycles. The number of benzene rings is 1. The van der Waals surface area contributed by atoms with Crippen LogP contribution in [0.1, 0.15) is 31.7 Å². The van der Waals surface area contributed by atoms with Gasteiger partial charge in [0.2, 0.25) is 0 Å². The number of halogens is 3. The SMILES string of the molecule is CC(CC1OC1C)c1c(Cl)ccc(Cl)c1Cl. The molecule has 16 heavy (non-hydrogen) atoms. The maximum absolute atomic E-state index is 6.18. The molecule has 1 nitrogen and oxygen atoms in total. The largest absolute Gasteiger partial charge is 0.370 e. The highest BCUT2D eigenvalue weighted by molar-refractivity contribution is 6.44. The molecule has 1 aliphatic heterocycles. The van der Waals surface area contributed by atoms with E-state index in [-0.39, 0.29) is 5.92 Å². The Morgan fingerprint density at radius 3 is 2.38 bits per heavy atom. The van der Waals surface area contributed by atoms with Crippen LogP contribution in [0.2, 0.25) is 15.1 Å². The topological polar surface area (TPSA) is 12.5 Å². The summed E-state index contributed by atoms with van der Waals surface area (Å²) in [7, 11) is 0. The van der Waals surface area contributed by atoms with Crippen LogP contribution in [0.15, 0.2) is 12.1 Å². The van der Waals surface area contributed by atoms with Crippen LogP contribution in [0.5, 0.6) is 0 Å². The summed E-state index contributed by atoms with van der Waals surface area (Å²) in [6.07, 6.45) is 1.63. The second kappa shape index (κ2) is 4.73. The van der Waals surface area contributed by atoms with Crippen molar-refractivity contribution >= 4 is 34.8 Å². The van der Waals surface area contributed by atoms with Gasteiger partial charge in [0, 0.05) is 5.02 Å². The van der Waals surface area contributed by atoms with Crippen molar-refractivity contribution in [3.05, 3.63) is 32.8 Å². The van der Waals surface area contributed by atoms with Gasteiger partial charge in [-0.25, -0.2) is 0 Å². The number of hydrogen-bond donors (Lipinski definition) is 0. The van der Waals surface area contributed by atoms with Crippen LogP contribution in [0.4, 0.5) is 0 Å². The van der Waals surface area contributed by atoms with E-state index in [0.717, 1.165) is 12.0 Å². The third-order valence-corrected chi connectivity index (χ3v) is 4.14. The molecule has 0 amide bonds. The van der Waals surface area contributed by atoms with Crippen LogP contribution in [0, 0.1) is 0 Å². The molecule has 3 atom stereocenters. The molecule has 4 heteroatoms. The van der Waals surface area contributed by atoms with Crippen molar-refractivity contribution in [2.24, 2.45) is 0 Å². The molecule has 1 aromatic rings. The summed E-state index contributed by atoms with van der Waals surface area (Å²) in [5, 5.41) is 1.79. The third-order valence-electron chi connectivity index (χ3n) is 2.99. The zero-order valence-corrected chi connectivity index (χ0v) is 11.4. The van der Waals surface area contributed by atoms with Gasteiger partial charge in [-0.3, -0.25) is 0 Å². The Kier molecular flexibility index (Phi) is 3.70. The number of rotatable bonds is 3. The predicted octanol–water partition coefficient (Wildman–Crippen LogP) is 4.93. The second-order valence-electron chi connectivity index (χ2n) is 4.27. The molecule has 0 spiro atoms. The van der Waals surface area contributed by atoms with Crippen LogP contribution in [0.25, 0.3) is 0 Å². The van der Waals surface area contributed by atoms with E-state index in [1.807, 2.05) is 0 Å². The van der Waals surface area contributed by atoms with Gasteiger partial charge >= 0.3 is 0 Å². The monoisotopic (exact) mass is 278 g/mol. The smallest absolute Gasteiger partial charge is 0.0844 e. The fourth-order valence-corrected chi connectivity index (χ4v) is 2.85. The molecule has 0 aliphatic carbocycles. The summed E-state index contributed by atoms with van der Waals surface area (Å²) < 4.78 is 5.40. The molecule has 1 aromatic carbocycles. The number of epoxide rings is 1. The lowest BCUT2D eigenvalue weighted by Crippen LogP contribution is -2.02. The van der Waals surface area contributed by atoms with E-state index in [4.69, 9.17) is 39.5 Å². The lowest BCUT2D eigenvalue weighted by molar-refractivity contribution is 0.362. The highest BCUT2D eigenvalue weighted by Gasteiger charge is 2.36. The van der Waals surface area contributed by atoms with E-state index in [9.17, 15) is 0 Å². The minimum absolute atomic E-state index is 0.258. The molecule has 0 aromatic heterocycles. The highest BCUT2D eigenvalue weighted by atomic mass is 35.5. The Labute approximate surface area is 111 Å². The first kappa shape index (κ1) is 12.5. The Bertz CT molecular complexity index is 405. The molecule has 1 aliphatic rings. The fourth-order valence-electron chi connectivity index (χ4n) is 1.94. The lowest BCUT2D eigenvalue weighted by atomic mass is 9.95. The van der Waals surface area contributed by atoms with Gasteiger partial charge in [0.05, 0.1) is 22.3 Å². The molecule has 0 bridgehead atoms. The first-order valence-corrected chi connectivity index (χ1v) is 6.43. The van der Waals surface area contributed by atoms with Crippen molar-refractivity contribution in [3.63, 3.8) is 0 Å². The van der Waals surface area contributed by atoms with Crippen LogP contribution in [-0.4, -0.2) is 12.2 Å². The van der Waals surface area contributed by atoms with E-state index < -0.39 is 0 Å². The van der Waals surface area contributed by atoms with Crippen LogP contribution in [0.3, 0.4) is 0 Å². The summed E-state index contributed by atoms with van der Waals surface area (Å²) in [5.74, 6) is 0.258. The summed E-state index contributed by atoms with van der Waals surface area (Å²) in [4.78, 5) is 0. The molecule has 88 valence electrons.